The van der Waals surface area contributed by atoms with Crippen LogP contribution in [0.3, 0.4) is 0 Å². The van der Waals surface area contributed by atoms with E-state index >= 15 is 0 Å². The van der Waals surface area contributed by atoms with E-state index in [-0.39, 0.29) is 43.8 Å². The molecule has 0 aromatic rings. The third-order valence-corrected chi connectivity index (χ3v) is 2.09. The van der Waals surface area contributed by atoms with E-state index in [9.17, 15) is 0 Å². The van der Waals surface area contributed by atoms with Crippen LogP contribution in [0.4, 0.5) is 0 Å². The lowest BCUT2D eigenvalue weighted by atomic mass is 10.0. The van der Waals surface area contributed by atoms with E-state index in [1.54, 1.807) is 0 Å². The molecule has 0 aromatic carbocycles. The van der Waals surface area contributed by atoms with Crippen molar-refractivity contribution < 1.29 is 43.8 Å². The van der Waals surface area contributed by atoms with Crippen molar-refractivity contribution in [3.63, 3.8) is 0 Å². The van der Waals surface area contributed by atoms with Crippen LogP contribution in [0, 0.1) is 0 Å². The normalized spacial score (nSPS) is 11.8. The van der Waals surface area contributed by atoms with Crippen molar-refractivity contribution >= 4 is 12.6 Å². The van der Waals surface area contributed by atoms with Crippen LogP contribution in [0.15, 0.2) is 0 Å². The molecule has 1 saturated carbocycles. The monoisotopic (exact) mass is 260 g/mol. The number of thiol groups is 1. The Hall–Kier alpha value is 0.0300. The number of hydrogen-bond donors (Lipinski definition) is 1. The molecule has 15 heavy (non-hydrogen) atoms. The van der Waals surface area contributed by atoms with Gasteiger partial charge in [-0.1, -0.05) is 19.3 Å². The van der Waals surface area contributed by atoms with Gasteiger partial charge in [0.25, 0.3) is 0 Å². The third kappa shape index (κ3) is 31.5. The molecule has 0 radical (unpaired) electrons. The highest BCUT2D eigenvalue weighted by Crippen LogP contribution is 2.20. The lowest BCUT2D eigenvalue weighted by Gasteiger charge is -2.14. The molecule has 0 aromatic heterocycles. The highest BCUT2D eigenvalue weighted by Gasteiger charge is 2.06. The zero-order chi connectivity index (χ0) is 5.11. The zero-order valence-electron chi connectivity index (χ0n) is 8.56. The van der Waals surface area contributed by atoms with Gasteiger partial charge >= 0.3 is 0 Å². The molecule has 0 amide bonds. The fourth-order valence-electron chi connectivity index (χ4n) is 1.08. The molecule has 1 aliphatic carbocycles. The Morgan fingerprint density at radius 3 is 0.933 bits per heavy atom. The average molecular weight is 260 g/mol. The maximum Gasteiger partial charge on any atom is 0.00168 e. The maximum absolute atomic E-state index is 4.36. The maximum atomic E-state index is 4.36. The first-order chi connectivity index (χ1) is 3.39. The zero-order valence-corrected chi connectivity index (χ0v) is 9.45. The molecule has 0 unspecified atom stereocenters. The van der Waals surface area contributed by atoms with Crippen molar-refractivity contribution in [3.8, 4) is 0 Å². The molecule has 8 nitrogen and oxygen atoms in total. The van der Waals surface area contributed by atoms with Crippen LogP contribution < -0.4 is 0 Å². The van der Waals surface area contributed by atoms with Gasteiger partial charge in [-0.2, -0.15) is 12.6 Å². The van der Waals surface area contributed by atoms with Gasteiger partial charge < -0.3 is 43.8 Å². The Morgan fingerprint density at radius 1 is 0.533 bits per heavy atom. The van der Waals surface area contributed by atoms with Crippen LogP contribution >= 0.6 is 12.6 Å². The fourth-order valence-corrected chi connectivity index (χ4v) is 1.45. The Bertz CT molecular complexity index is 61.1. The van der Waals surface area contributed by atoms with E-state index in [0.717, 1.165) is 5.25 Å². The molecule has 1 aliphatic rings. The smallest absolute Gasteiger partial charge is 0.00168 e. The van der Waals surface area contributed by atoms with Gasteiger partial charge in [-0.25, -0.2) is 0 Å². The molecular weight excluding hydrogens is 232 g/mol. The second-order valence-electron chi connectivity index (χ2n) is 2.29. The Kier molecular flexibility index (Phi) is 147. The minimum absolute atomic E-state index is 0. The van der Waals surface area contributed by atoms with Gasteiger partial charge in [-0.3, -0.25) is 0 Å². The van der Waals surface area contributed by atoms with Crippen LogP contribution in [0.1, 0.15) is 32.1 Å². The summed E-state index contributed by atoms with van der Waals surface area (Å²) in [6, 6.07) is 0. The summed E-state index contributed by atoms with van der Waals surface area (Å²) in [7, 11) is 0. The summed E-state index contributed by atoms with van der Waals surface area (Å²) in [5.41, 5.74) is 0. The number of rotatable bonds is 0. The van der Waals surface area contributed by atoms with Crippen LogP contribution in [-0.2, 0) is 0 Å². The van der Waals surface area contributed by atoms with Gasteiger partial charge in [0, 0.05) is 5.25 Å². The summed E-state index contributed by atoms with van der Waals surface area (Å²) in [4.78, 5) is 0. The Morgan fingerprint density at radius 2 is 0.800 bits per heavy atom. The van der Waals surface area contributed by atoms with E-state index in [1.807, 2.05) is 0 Å². The molecule has 0 aliphatic heterocycles. The first kappa shape index (κ1) is 59.9. The lowest BCUT2D eigenvalue weighted by Crippen LogP contribution is -2.03. The highest BCUT2D eigenvalue weighted by molar-refractivity contribution is 7.80. The van der Waals surface area contributed by atoms with E-state index in [1.165, 1.54) is 32.1 Å². The molecule has 0 heterocycles. The van der Waals surface area contributed by atoms with Crippen molar-refractivity contribution in [2.24, 2.45) is 0 Å². The third-order valence-electron chi connectivity index (χ3n) is 1.57. The second-order valence-corrected chi connectivity index (χ2v) is 3.02. The molecule has 9 heteroatoms. The molecule has 0 saturated heterocycles. The van der Waals surface area contributed by atoms with Crippen molar-refractivity contribution in [3.05, 3.63) is 0 Å². The number of hydrogen-bond acceptors (Lipinski definition) is 1. The predicted octanol–water partition coefficient (Wildman–Crippen LogP) is -4.35. The quantitative estimate of drug-likeness (QED) is 0.405. The van der Waals surface area contributed by atoms with Crippen molar-refractivity contribution in [1.82, 2.24) is 0 Å². The van der Waals surface area contributed by atoms with E-state index in [4.69, 9.17) is 0 Å². The standard InChI is InChI=1S/C6H12S.8H2O/c7-6-4-2-1-3-5-6;;;;;;;;/h6-7H,1-5H2;8*1H2. The first-order valence-electron chi connectivity index (χ1n) is 3.07. The molecule has 106 valence electrons. The van der Waals surface area contributed by atoms with Crippen molar-refractivity contribution in [2.75, 3.05) is 0 Å². The largest absolute Gasteiger partial charge is 0.412 e. The van der Waals surface area contributed by atoms with E-state index in [0.29, 0.717) is 0 Å². The van der Waals surface area contributed by atoms with Crippen LogP contribution in [-0.4, -0.2) is 49.1 Å². The first-order valence-corrected chi connectivity index (χ1v) is 3.59. The van der Waals surface area contributed by atoms with E-state index in [2.05, 4.69) is 12.6 Å². The topological polar surface area (TPSA) is 252 Å². The second kappa shape index (κ2) is 36.9. The van der Waals surface area contributed by atoms with Crippen LogP contribution in [0.2, 0.25) is 0 Å². The minimum Gasteiger partial charge on any atom is -0.412 e. The fraction of sp³-hybridized carbons (Fsp3) is 1.00. The van der Waals surface area contributed by atoms with Crippen molar-refractivity contribution in [1.29, 1.82) is 0 Å². The van der Waals surface area contributed by atoms with Crippen molar-refractivity contribution in [2.45, 2.75) is 37.4 Å². The van der Waals surface area contributed by atoms with Crippen LogP contribution in [0.25, 0.3) is 0 Å². The molecule has 16 N–H and O–H groups in total. The van der Waals surface area contributed by atoms with E-state index < -0.39 is 0 Å². The predicted molar refractivity (Wildman–Crippen MR) is 64.8 cm³/mol. The van der Waals surface area contributed by atoms with Gasteiger partial charge in [0.15, 0.2) is 0 Å². The molecular formula is C6H28O8S. The van der Waals surface area contributed by atoms with Crippen LogP contribution in [0.5, 0.6) is 0 Å². The molecule has 0 bridgehead atoms. The summed E-state index contributed by atoms with van der Waals surface area (Å²) in [6.45, 7) is 0. The Balaban J connectivity index is -0.0000000102. The van der Waals surface area contributed by atoms with Gasteiger partial charge in [-0.15, -0.1) is 0 Å². The summed E-state index contributed by atoms with van der Waals surface area (Å²) in [5.74, 6) is 0. The lowest BCUT2D eigenvalue weighted by molar-refractivity contribution is 0.518. The molecule has 1 rings (SSSR count). The molecule has 1 fully saturated rings. The molecule has 0 spiro atoms. The average Bonchev–Trinajstić information content (AvgIpc) is 1.69. The summed E-state index contributed by atoms with van der Waals surface area (Å²) in [5, 5.41) is 0.730. The van der Waals surface area contributed by atoms with Gasteiger partial charge in [0.05, 0.1) is 0 Å². The summed E-state index contributed by atoms with van der Waals surface area (Å²) >= 11 is 4.36. The Labute approximate surface area is 94.6 Å². The van der Waals surface area contributed by atoms with Gasteiger partial charge in [-0.05, 0) is 12.8 Å². The van der Waals surface area contributed by atoms with Gasteiger partial charge in [0.1, 0.15) is 0 Å². The minimum atomic E-state index is 0. The molecule has 0 atom stereocenters. The van der Waals surface area contributed by atoms with Gasteiger partial charge in [0.2, 0.25) is 0 Å². The summed E-state index contributed by atoms with van der Waals surface area (Å²) < 4.78 is 0. The SMILES string of the molecule is O.O.O.O.O.O.O.O.SC1CCCCC1. The highest BCUT2D eigenvalue weighted by atomic mass is 32.1. The summed E-state index contributed by atoms with van der Waals surface area (Å²) in [6.07, 6.45) is 6.96.